The van der Waals surface area contributed by atoms with Crippen molar-refractivity contribution in [2.45, 2.75) is 25.1 Å². The molecule has 0 saturated carbocycles. The van der Waals surface area contributed by atoms with Crippen LogP contribution in [0.15, 0.2) is 22.7 Å². The van der Waals surface area contributed by atoms with Crippen molar-refractivity contribution in [2.24, 2.45) is 5.92 Å². The van der Waals surface area contributed by atoms with Gasteiger partial charge >= 0.3 is 6.18 Å². The largest absolute Gasteiger partial charge is 0.416 e. The number of benzene rings is 1. The summed E-state index contributed by atoms with van der Waals surface area (Å²) in [5, 5.41) is 3.32. The lowest BCUT2D eigenvalue weighted by Gasteiger charge is -2.41. The molecule has 7 heteroatoms. The van der Waals surface area contributed by atoms with Crippen LogP contribution in [0.1, 0.15) is 30.0 Å². The van der Waals surface area contributed by atoms with Crippen molar-refractivity contribution in [3.8, 4) is 0 Å². The van der Waals surface area contributed by atoms with Crippen LogP contribution in [0.4, 0.5) is 13.2 Å². The maximum Gasteiger partial charge on any atom is 0.416 e. The number of hydrogen-bond acceptors (Lipinski definition) is 3. The van der Waals surface area contributed by atoms with Crippen LogP contribution >= 0.6 is 15.9 Å². The predicted molar refractivity (Wildman–Crippen MR) is 89.9 cm³/mol. The number of piperazine rings is 1. The van der Waals surface area contributed by atoms with Crippen molar-refractivity contribution in [1.82, 2.24) is 10.2 Å². The number of hydrogen-bond donors (Lipinski definition) is 1. The fourth-order valence-electron chi connectivity index (χ4n) is 3.72. The van der Waals surface area contributed by atoms with E-state index >= 15 is 0 Å². The third-order valence-electron chi connectivity index (χ3n) is 4.85. The predicted octanol–water partition coefficient (Wildman–Crippen LogP) is 3.84. The molecular formula is C17H22BrF3N2O. The molecule has 0 amide bonds. The van der Waals surface area contributed by atoms with E-state index in [4.69, 9.17) is 4.74 Å². The van der Waals surface area contributed by atoms with Gasteiger partial charge in [0.2, 0.25) is 0 Å². The summed E-state index contributed by atoms with van der Waals surface area (Å²) < 4.78 is 45.6. The standard InChI is InChI=1S/C17H22BrF3N2O/c18-15-10-13(9-14(11-15)17(19,20)21)16(12-1-7-24-8-2-12)23-5-3-22-4-6-23/h9-12,16,22H,1-8H2/t16-/m0/s1. The zero-order chi connectivity index (χ0) is 17.2. The van der Waals surface area contributed by atoms with Gasteiger partial charge in [-0.2, -0.15) is 13.2 Å². The SMILES string of the molecule is FC(F)(F)c1cc(Br)cc([C@H](C2CCOCC2)N2CCNCC2)c1. The highest BCUT2D eigenvalue weighted by atomic mass is 79.9. The molecule has 2 aliphatic rings. The van der Waals surface area contributed by atoms with Gasteiger partial charge in [0.05, 0.1) is 5.56 Å². The van der Waals surface area contributed by atoms with Gasteiger partial charge in [-0.25, -0.2) is 0 Å². The molecule has 0 unspecified atom stereocenters. The molecule has 3 rings (SSSR count). The smallest absolute Gasteiger partial charge is 0.381 e. The Kier molecular flexibility index (Phi) is 5.85. The van der Waals surface area contributed by atoms with Crippen molar-refractivity contribution in [3.63, 3.8) is 0 Å². The topological polar surface area (TPSA) is 24.5 Å². The van der Waals surface area contributed by atoms with E-state index in [1.165, 1.54) is 6.07 Å². The summed E-state index contributed by atoms with van der Waals surface area (Å²) in [6.07, 6.45) is -2.55. The summed E-state index contributed by atoms with van der Waals surface area (Å²) >= 11 is 3.27. The molecule has 0 aliphatic carbocycles. The van der Waals surface area contributed by atoms with Gasteiger partial charge in [0.25, 0.3) is 0 Å². The molecule has 1 N–H and O–H groups in total. The van der Waals surface area contributed by atoms with Crippen molar-refractivity contribution >= 4 is 15.9 Å². The summed E-state index contributed by atoms with van der Waals surface area (Å²) in [6, 6.07) is 4.33. The lowest BCUT2D eigenvalue weighted by atomic mass is 9.85. The highest BCUT2D eigenvalue weighted by molar-refractivity contribution is 9.10. The van der Waals surface area contributed by atoms with Crippen molar-refractivity contribution < 1.29 is 17.9 Å². The monoisotopic (exact) mass is 406 g/mol. The Bertz CT molecular complexity index is 537. The van der Waals surface area contributed by atoms with E-state index in [0.717, 1.165) is 50.7 Å². The first-order valence-corrected chi connectivity index (χ1v) is 9.14. The van der Waals surface area contributed by atoms with E-state index in [-0.39, 0.29) is 6.04 Å². The number of halogens is 4. The molecule has 0 spiro atoms. The maximum atomic E-state index is 13.2. The van der Waals surface area contributed by atoms with Crippen LogP contribution in [0.2, 0.25) is 0 Å². The summed E-state index contributed by atoms with van der Waals surface area (Å²) in [5.74, 6) is 0.326. The molecule has 1 aromatic rings. The number of ether oxygens (including phenoxy) is 1. The van der Waals surface area contributed by atoms with Crippen molar-refractivity contribution in [3.05, 3.63) is 33.8 Å². The summed E-state index contributed by atoms with van der Waals surface area (Å²) in [7, 11) is 0. The number of rotatable bonds is 3. The first kappa shape index (κ1) is 18.2. The van der Waals surface area contributed by atoms with Gasteiger partial charge in [0.1, 0.15) is 0 Å². The van der Waals surface area contributed by atoms with Crippen LogP contribution in [0.5, 0.6) is 0 Å². The number of nitrogens with one attached hydrogen (secondary N) is 1. The van der Waals surface area contributed by atoms with Crippen LogP contribution < -0.4 is 5.32 Å². The fourth-order valence-corrected chi connectivity index (χ4v) is 4.23. The fraction of sp³-hybridized carbons (Fsp3) is 0.647. The van der Waals surface area contributed by atoms with E-state index in [2.05, 4.69) is 26.1 Å². The minimum atomic E-state index is -4.33. The molecule has 1 aromatic carbocycles. The Morgan fingerprint density at radius 3 is 2.42 bits per heavy atom. The second-order valence-corrected chi connectivity index (χ2v) is 7.37. The van der Waals surface area contributed by atoms with E-state index < -0.39 is 11.7 Å². The van der Waals surface area contributed by atoms with Crippen LogP contribution in [0.25, 0.3) is 0 Å². The van der Waals surface area contributed by atoms with Gasteiger partial charge in [0.15, 0.2) is 0 Å². The Labute approximate surface area is 148 Å². The molecule has 3 nitrogen and oxygen atoms in total. The van der Waals surface area contributed by atoms with Crippen molar-refractivity contribution in [2.75, 3.05) is 39.4 Å². The van der Waals surface area contributed by atoms with E-state index in [9.17, 15) is 13.2 Å². The highest BCUT2D eigenvalue weighted by Crippen LogP contribution is 2.39. The third-order valence-corrected chi connectivity index (χ3v) is 5.30. The van der Waals surface area contributed by atoms with Crippen LogP contribution in [0.3, 0.4) is 0 Å². The second kappa shape index (κ2) is 7.72. The second-order valence-electron chi connectivity index (χ2n) is 6.45. The van der Waals surface area contributed by atoms with Gasteiger partial charge in [-0.15, -0.1) is 0 Å². The molecule has 134 valence electrons. The molecule has 0 bridgehead atoms. The number of nitrogens with zero attached hydrogens (tertiary/aromatic N) is 1. The molecule has 24 heavy (non-hydrogen) atoms. The van der Waals surface area contributed by atoms with E-state index in [0.29, 0.717) is 23.6 Å². The maximum absolute atomic E-state index is 13.2. The van der Waals surface area contributed by atoms with Crippen molar-refractivity contribution in [1.29, 1.82) is 0 Å². The molecule has 2 heterocycles. The van der Waals surface area contributed by atoms with Gasteiger partial charge < -0.3 is 10.1 Å². The van der Waals surface area contributed by atoms with Gasteiger partial charge in [-0.3, -0.25) is 4.90 Å². The minimum absolute atomic E-state index is 0.00889. The Balaban J connectivity index is 1.96. The normalized spacial score (nSPS) is 22.5. The Morgan fingerprint density at radius 2 is 1.79 bits per heavy atom. The van der Waals surface area contributed by atoms with Gasteiger partial charge in [-0.1, -0.05) is 15.9 Å². The van der Waals surface area contributed by atoms with Crippen LogP contribution in [-0.2, 0) is 10.9 Å². The highest BCUT2D eigenvalue weighted by Gasteiger charge is 2.35. The average molecular weight is 407 g/mol. The Hall–Kier alpha value is -0.630. The first-order chi connectivity index (χ1) is 11.4. The van der Waals surface area contributed by atoms with Crippen LogP contribution in [-0.4, -0.2) is 44.3 Å². The molecule has 0 aromatic heterocycles. The summed E-state index contributed by atoms with van der Waals surface area (Å²) in [5.41, 5.74) is 0.171. The van der Waals surface area contributed by atoms with Gasteiger partial charge in [-0.05, 0) is 42.5 Å². The molecular weight excluding hydrogens is 385 g/mol. The third kappa shape index (κ3) is 4.31. The van der Waals surface area contributed by atoms with Gasteiger partial charge in [0, 0.05) is 49.9 Å². The van der Waals surface area contributed by atoms with E-state index in [1.54, 1.807) is 0 Å². The molecule has 2 aliphatic heterocycles. The van der Waals surface area contributed by atoms with E-state index in [1.807, 2.05) is 6.07 Å². The first-order valence-electron chi connectivity index (χ1n) is 8.35. The lowest BCUT2D eigenvalue weighted by molar-refractivity contribution is -0.137. The quantitative estimate of drug-likeness (QED) is 0.824. The molecule has 2 saturated heterocycles. The number of alkyl halides is 3. The molecule has 2 fully saturated rings. The lowest BCUT2D eigenvalue weighted by Crippen LogP contribution is -2.47. The zero-order valence-corrected chi connectivity index (χ0v) is 15.0. The molecule has 1 atom stereocenters. The average Bonchev–Trinajstić information content (AvgIpc) is 2.56. The Morgan fingerprint density at radius 1 is 1.12 bits per heavy atom. The summed E-state index contributed by atoms with van der Waals surface area (Å²) in [6.45, 7) is 4.84. The minimum Gasteiger partial charge on any atom is -0.381 e. The zero-order valence-electron chi connectivity index (χ0n) is 13.4. The molecule has 0 radical (unpaired) electrons. The van der Waals surface area contributed by atoms with Crippen LogP contribution in [0, 0.1) is 5.92 Å². The summed E-state index contributed by atoms with van der Waals surface area (Å²) in [4.78, 5) is 2.33.